The Morgan fingerprint density at radius 3 is 3.04 bits per heavy atom. The normalized spacial score (nSPS) is 18.4. The molecule has 2 unspecified atom stereocenters. The summed E-state index contributed by atoms with van der Waals surface area (Å²) in [4.78, 5) is 14.0. The van der Waals surface area contributed by atoms with Gasteiger partial charge in [0, 0.05) is 17.9 Å². The third-order valence-electron chi connectivity index (χ3n) is 4.28. The van der Waals surface area contributed by atoms with Crippen molar-refractivity contribution >= 4 is 17.5 Å². The number of nitrogens with zero attached hydrogens (tertiary/aromatic N) is 1. The van der Waals surface area contributed by atoms with Crippen molar-refractivity contribution in [2.45, 2.75) is 37.8 Å². The Hall–Kier alpha value is -1.84. The van der Waals surface area contributed by atoms with E-state index >= 15 is 0 Å². The molecule has 1 amide bonds. The quantitative estimate of drug-likeness (QED) is 0.405. The lowest BCUT2D eigenvalue weighted by Gasteiger charge is -2.32. The predicted molar refractivity (Wildman–Crippen MR) is 105 cm³/mol. The van der Waals surface area contributed by atoms with Crippen LogP contribution in [0.1, 0.15) is 24.8 Å². The number of rotatable bonds is 8. The molecule has 1 aliphatic rings. The number of benzene rings is 1. The molecule has 0 saturated carbocycles. The van der Waals surface area contributed by atoms with Gasteiger partial charge in [0.2, 0.25) is 5.91 Å². The lowest BCUT2D eigenvalue weighted by atomic mass is 9.99. The van der Waals surface area contributed by atoms with Crippen LogP contribution < -0.4 is 0 Å². The van der Waals surface area contributed by atoms with E-state index in [1.54, 1.807) is 17.0 Å². The van der Waals surface area contributed by atoms with Gasteiger partial charge in [-0.15, -0.1) is 0 Å². The zero-order valence-electron chi connectivity index (χ0n) is 15.3. The van der Waals surface area contributed by atoms with E-state index in [2.05, 4.69) is 11.8 Å². The lowest BCUT2D eigenvalue weighted by Crippen LogP contribution is -2.42. The van der Waals surface area contributed by atoms with Gasteiger partial charge in [-0.25, -0.2) is 0 Å². The number of aliphatic hydroxyl groups excluding tert-OH is 2. The zero-order valence-corrected chi connectivity index (χ0v) is 16.1. The van der Waals surface area contributed by atoms with Gasteiger partial charge in [-0.3, -0.25) is 4.79 Å². The predicted octanol–water partition coefficient (Wildman–Crippen LogP) is 2.19. The standard InChI is InChI=1S/C21H26ClNO4/c22-18-6-3-5-17(15-18)16-20(25)10-9-19-7-4-8-21(26)23(19)11-1-2-13-27-14-12-24/h3,5-6,9-10,15,19-20,24-25H,4,7-8,11-14,16H2/b10-9+. The number of carbonyl (C=O) groups excluding carboxylic acids is 1. The first-order valence-electron chi connectivity index (χ1n) is 9.14. The highest BCUT2D eigenvalue weighted by Crippen LogP contribution is 2.19. The summed E-state index contributed by atoms with van der Waals surface area (Å²) in [5, 5.41) is 19.6. The molecule has 2 atom stereocenters. The number of ether oxygens (including phenoxy) is 1. The second kappa shape index (κ2) is 11.8. The molecule has 5 nitrogen and oxygen atoms in total. The average molecular weight is 392 g/mol. The van der Waals surface area contributed by atoms with Crippen molar-refractivity contribution in [3.8, 4) is 11.8 Å². The molecular weight excluding hydrogens is 366 g/mol. The molecule has 1 aliphatic heterocycles. The van der Waals surface area contributed by atoms with Gasteiger partial charge >= 0.3 is 0 Å². The van der Waals surface area contributed by atoms with Crippen molar-refractivity contribution in [1.82, 2.24) is 4.90 Å². The minimum atomic E-state index is -0.639. The third kappa shape index (κ3) is 7.74. The van der Waals surface area contributed by atoms with Gasteiger partial charge in [0.05, 0.1) is 31.9 Å². The van der Waals surface area contributed by atoms with Crippen molar-refractivity contribution in [1.29, 1.82) is 0 Å². The average Bonchev–Trinajstić information content (AvgIpc) is 2.64. The second-order valence-corrected chi connectivity index (χ2v) is 6.83. The minimum Gasteiger partial charge on any atom is -0.394 e. The van der Waals surface area contributed by atoms with E-state index in [0.29, 0.717) is 24.4 Å². The molecule has 0 bridgehead atoms. The Morgan fingerprint density at radius 1 is 1.41 bits per heavy atom. The summed E-state index contributed by atoms with van der Waals surface area (Å²) in [5.41, 5.74) is 0.963. The molecule has 2 N–H and O–H groups in total. The second-order valence-electron chi connectivity index (χ2n) is 6.40. The molecule has 146 valence electrons. The highest BCUT2D eigenvalue weighted by atomic mass is 35.5. The Bertz CT molecular complexity index is 695. The van der Waals surface area contributed by atoms with Crippen LogP contribution in [0.3, 0.4) is 0 Å². The van der Waals surface area contributed by atoms with Crippen molar-refractivity contribution in [3.05, 3.63) is 47.0 Å². The van der Waals surface area contributed by atoms with Crippen molar-refractivity contribution < 1.29 is 19.7 Å². The topological polar surface area (TPSA) is 70.0 Å². The van der Waals surface area contributed by atoms with Crippen LogP contribution in [-0.2, 0) is 16.0 Å². The smallest absolute Gasteiger partial charge is 0.223 e. The molecule has 1 saturated heterocycles. The maximum absolute atomic E-state index is 12.2. The maximum Gasteiger partial charge on any atom is 0.223 e. The number of piperidine rings is 1. The maximum atomic E-state index is 12.2. The summed E-state index contributed by atoms with van der Waals surface area (Å²) >= 11 is 5.97. The van der Waals surface area contributed by atoms with Crippen LogP contribution in [0, 0.1) is 11.8 Å². The summed E-state index contributed by atoms with van der Waals surface area (Å²) in [6.07, 6.45) is 5.69. The van der Waals surface area contributed by atoms with E-state index in [0.717, 1.165) is 18.4 Å². The number of aliphatic hydroxyl groups is 2. The molecule has 1 fully saturated rings. The number of likely N-dealkylation sites (tertiary alicyclic amines) is 1. The molecule has 1 aromatic carbocycles. The van der Waals surface area contributed by atoms with Gasteiger partial charge in [-0.2, -0.15) is 0 Å². The highest BCUT2D eigenvalue weighted by molar-refractivity contribution is 6.30. The van der Waals surface area contributed by atoms with Crippen LogP contribution in [0.2, 0.25) is 5.02 Å². The first-order chi connectivity index (χ1) is 13.1. The molecule has 2 rings (SSSR count). The molecule has 1 heterocycles. The Morgan fingerprint density at radius 2 is 2.26 bits per heavy atom. The van der Waals surface area contributed by atoms with E-state index in [4.69, 9.17) is 21.4 Å². The third-order valence-corrected chi connectivity index (χ3v) is 4.52. The first-order valence-corrected chi connectivity index (χ1v) is 9.52. The van der Waals surface area contributed by atoms with Crippen LogP contribution in [0.4, 0.5) is 0 Å². The molecule has 1 aromatic rings. The van der Waals surface area contributed by atoms with Crippen molar-refractivity contribution in [2.24, 2.45) is 0 Å². The molecule has 27 heavy (non-hydrogen) atoms. The summed E-state index contributed by atoms with van der Waals surface area (Å²) in [6, 6.07) is 7.36. The summed E-state index contributed by atoms with van der Waals surface area (Å²) in [6.45, 7) is 0.798. The van der Waals surface area contributed by atoms with Crippen molar-refractivity contribution in [2.75, 3.05) is 26.4 Å². The van der Waals surface area contributed by atoms with Crippen LogP contribution >= 0.6 is 11.6 Å². The molecular formula is C21H26ClNO4. The Balaban J connectivity index is 1.90. The van der Waals surface area contributed by atoms with Gasteiger partial charge in [-0.05, 0) is 30.5 Å². The van der Waals surface area contributed by atoms with Gasteiger partial charge < -0.3 is 19.8 Å². The SMILES string of the molecule is O=C1CCCC(/C=C/C(O)Cc2cccc(Cl)c2)N1CC#CCOCCO. The van der Waals surface area contributed by atoms with E-state index in [1.807, 2.05) is 24.3 Å². The summed E-state index contributed by atoms with van der Waals surface area (Å²) < 4.78 is 5.09. The van der Waals surface area contributed by atoms with Gasteiger partial charge in [-0.1, -0.05) is 47.7 Å². The zero-order chi connectivity index (χ0) is 19.5. The largest absolute Gasteiger partial charge is 0.394 e. The Kier molecular flexibility index (Phi) is 9.37. The van der Waals surface area contributed by atoms with Crippen molar-refractivity contribution in [3.63, 3.8) is 0 Å². The summed E-state index contributed by atoms with van der Waals surface area (Å²) in [5.74, 6) is 5.87. The highest BCUT2D eigenvalue weighted by Gasteiger charge is 2.25. The number of hydrogen-bond donors (Lipinski definition) is 2. The first kappa shape index (κ1) is 21.5. The number of amides is 1. The fourth-order valence-electron chi connectivity index (χ4n) is 2.96. The number of halogens is 1. The van der Waals surface area contributed by atoms with E-state index in [1.165, 1.54) is 0 Å². The Labute approximate surface area is 165 Å². The fourth-order valence-corrected chi connectivity index (χ4v) is 3.18. The van der Waals surface area contributed by atoms with Crippen LogP contribution in [0.15, 0.2) is 36.4 Å². The van der Waals surface area contributed by atoms with E-state index in [-0.39, 0.29) is 31.8 Å². The van der Waals surface area contributed by atoms with E-state index < -0.39 is 6.10 Å². The molecule has 0 aliphatic carbocycles. The van der Waals surface area contributed by atoms with E-state index in [9.17, 15) is 9.90 Å². The number of carbonyl (C=O) groups is 1. The van der Waals surface area contributed by atoms with Gasteiger partial charge in [0.25, 0.3) is 0 Å². The van der Waals surface area contributed by atoms with Crippen LogP contribution in [0.25, 0.3) is 0 Å². The molecule has 0 radical (unpaired) electrons. The molecule has 0 aromatic heterocycles. The molecule has 6 heteroatoms. The minimum absolute atomic E-state index is 0.0311. The van der Waals surface area contributed by atoms with Gasteiger partial charge in [0.1, 0.15) is 6.61 Å². The fraction of sp³-hybridized carbons (Fsp3) is 0.476. The molecule has 0 spiro atoms. The summed E-state index contributed by atoms with van der Waals surface area (Å²) in [7, 11) is 0. The number of hydrogen-bond acceptors (Lipinski definition) is 4. The van der Waals surface area contributed by atoms with Gasteiger partial charge in [0.15, 0.2) is 0 Å². The van der Waals surface area contributed by atoms with Crippen LogP contribution in [-0.4, -0.2) is 59.5 Å². The lowest BCUT2D eigenvalue weighted by molar-refractivity contribution is -0.134. The van der Waals surface area contributed by atoms with Crippen LogP contribution in [0.5, 0.6) is 0 Å². The monoisotopic (exact) mass is 391 g/mol.